The second-order valence-corrected chi connectivity index (χ2v) is 9.56. The Hall–Kier alpha value is -2.77. The molecule has 4 rings (SSSR count). The average molecular weight is 479 g/mol. The molecule has 34 heavy (non-hydrogen) atoms. The molecular weight excluding hydrogens is 444 g/mol. The standard InChI is InChI=1S/C27H34N4O2S/c32-25(28-19-21-12-14-22(15-13-21)20-30-16-6-2-7-17-30)11-3-1-8-18-31-26(33)23-9-4-5-10-24(23)29-27(31)34/h4-5,9-10,12-15H,1-3,6-8,11,16-20H2,(H,28,32)(H,29,34). The highest BCUT2D eigenvalue weighted by Crippen LogP contribution is 2.14. The van der Waals surface area contributed by atoms with Crippen LogP contribution in [0.2, 0.25) is 0 Å². The molecule has 3 aromatic rings. The van der Waals surface area contributed by atoms with Gasteiger partial charge in [-0.15, -0.1) is 0 Å². The molecule has 180 valence electrons. The predicted molar refractivity (Wildman–Crippen MR) is 139 cm³/mol. The maximum Gasteiger partial charge on any atom is 0.262 e. The van der Waals surface area contributed by atoms with Gasteiger partial charge in [-0.05, 0) is 74.3 Å². The van der Waals surface area contributed by atoms with Crippen LogP contribution in [0, 0.1) is 4.77 Å². The number of rotatable bonds is 10. The summed E-state index contributed by atoms with van der Waals surface area (Å²) in [5.74, 6) is 0.0672. The number of carbonyl (C=O) groups excluding carboxylic acids is 1. The van der Waals surface area contributed by atoms with Crippen LogP contribution in [0.25, 0.3) is 10.9 Å². The number of aromatic nitrogens is 2. The van der Waals surface area contributed by atoms with E-state index >= 15 is 0 Å². The molecule has 0 atom stereocenters. The fraction of sp³-hybridized carbons (Fsp3) is 0.444. The zero-order valence-corrected chi connectivity index (χ0v) is 20.5. The summed E-state index contributed by atoms with van der Waals surface area (Å²) in [5, 5.41) is 3.67. The van der Waals surface area contributed by atoms with E-state index in [2.05, 4.69) is 39.5 Å². The van der Waals surface area contributed by atoms with Crippen LogP contribution in [0.1, 0.15) is 56.1 Å². The summed E-state index contributed by atoms with van der Waals surface area (Å²) in [6, 6.07) is 16.0. The van der Waals surface area contributed by atoms with Gasteiger partial charge in [0.15, 0.2) is 4.77 Å². The van der Waals surface area contributed by atoms with Crippen LogP contribution in [-0.4, -0.2) is 33.4 Å². The Labute approximate surface area is 206 Å². The fourth-order valence-corrected chi connectivity index (χ4v) is 4.85. The van der Waals surface area contributed by atoms with Crippen molar-refractivity contribution in [3.63, 3.8) is 0 Å². The van der Waals surface area contributed by atoms with E-state index in [0.717, 1.165) is 36.9 Å². The highest BCUT2D eigenvalue weighted by Gasteiger charge is 2.10. The number of hydrogen-bond acceptors (Lipinski definition) is 4. The topological polar surface area (TPSA) is 70.1 Å². The van der Waals surface area contributed by atoms with Gasteiger partial charge in [-0.2, -0.15) is 0 Å². The number of unbranched alkanes of at least 4 members (excludes halogenated alkanes) is 2. The van der Waals surface area contributed by atoms with E-state index in [1.807, 2.05) is 24.3 Å². The third kappa shape index (κ3) is 6.64. The second-order valence-electron chi connectivity index (χ2n) is 9.17. The van der Waals surface area contributed by atoms with Crippen LogP contribution in [0.3, 0.4) is 0 Å². The quantitative estimate of drug-likeness (QED) is 0.320. The number of benzene rings is 2. The van der Waals surface area contributed by atoms with Crippen molar-refractivity contribution in [1.82, 2.24) is 19.8 Å². The van der Waals surface area contributed by atoms with Crippen molar-refractivity contribution in [2.75, 3.05) is 13.1 Å². The van der Waals surface area contributed by atoms with Crippen molar-refractivity contribution >= 4 is 29.0 Å². The molecule has 1 fully saturated rings. The van der Waals surface area contributed by atoms with Crippen LogP contribution in [0.5, 0.6) is 0 Å². The third-order valence-electron chi connectivity index (χ3n) is 6.54. The zero-order valence-electron chi connectivity index (χ0n) is 19.7. The number of amides is 1. The summed E-state index contributed by atoms with van der Waals surface area (Å²) in [7, 11) is 0. The molecule has 0 radical (unpaired) electrons. The minimum absolute atomic E-state index is 0.0564. The predicted octanol–water partition coefficient (Wildman–Crippen LogP) is 4.92. The lowest BCUT2D eigenvalue weighted by atomic mass is 10.1. The number of fused-ring (bicyclic) bond motifs is 1. The van der Waals surface area contributed by atoms with E-state index in [9.17, 15) is 9.59 Å². The molecule has 6 nitrogen and oxygen atoms in total. The Morgan fingerprint density at radius 2 is 1.68 bits per heavy atom. The van der Waals surface area contributed by atoms with Crippen LogP contribution >= 0.6 is 12.2 Å². The normalized spacial score (nSPS) is 14.4. The van der Waals surface area contributed by atoms with Gasteiger partial charge in [-0.3, -0.25) is 19.1 Å². The van der Waals surface area contributed by atoms with Crippen LogP contribution in [-0.2, 0) is 24.4 Å². The summed E-state index contributed by atoms with van der Waals surface area (Å²) in [6.07, 6.45) is 6.92. The first kappa shape index (κ1) is 24.4. The Bertz CT molecular complexity index is 1210. The number of aromatic amines is 1. The maximum atomic E-state index is 12.7. The molecule has 1 aliphatic rings. The van der Waals surface area contributed by atoms with E-state index in [4.69, 9.17) is 12.2 Å². The number of para-hydroxylation sites is 1. The van der Waals surface area contributed by atoms with Crippen LogP contribution in [0.4, 0.5) is 0 Å². The third-order valence-corrected chi connectivity index (χ3v) is 6.86. The molecule has 1 saturated heterocycles. The minimum Gasteiger partial charge on any atom is -0.352 e. The Balaban J connectivity index is 1.15. The van der Waals surface area contributed by atoms with Gasteiger partial charge >= 0.3 is 0 Å². The van der Waals surface area contributed by atoms with E-state index in [-0.39, 0.29) is 11.5 Å². The summed E-state index contributed by atoms with van der Waals surface area (Å²) < 4.78 is 2.07. The Morgan fingerprint density at radius 1 is 0.941 bits per heavy atom. The molecule has 0 aliphatic carbocycles. The molecule has 0 unspecified atom stereocenters. The first-order valence-corrected chi connectivity index (χ1v) is 12.8. The van der Waals surface area contributed by atoms with Gasteiger partial charge in [-0.1, -0.05) is 49.2 Å². The molecule has 2 aromatic carbocycles. The first-order chi connectivity index (χ1) is 16.6. The van der Waals surface area contributed by atoms with Gasteiger partial charge in [0.1, 0.15) is 0 Å². The summed E-state index contributed by atoms with van der Waals surface area (Å²) >= 11 is 5.36. The highest BCUT2D eigenvalue weighted by molar-refractivity contribution is 7.71. The fourth-order valence-electron chi connectivity index (χ4n) is 4.56. The molecule has 1 aromatic heterocycles. The van der Waals surface area contributed by atoms with Gasteiger partial charge in [0, 0.05) is 26.1 Å². The average Bonchev–Trinajstić information content (AvgIpc) is 2.86. The monoisotopic (exact) mass is 478 g/mol. The molecule has 2 heterocycles. The second kappa shape index (κ2) is 12.1. The van der Waals surface area contributed by atoms with Crippen molar-refractivity contribution in [3.8, 4) is 0 Å². The molecule has 0 bridgehead atoms. The summed E-state index contributed by atoms with van der Waals surface area (Å²) in [5.41, 5.74) is 3.17. The number of likely N-dealkylation sites (tertiary alicyclic amines) is 1. The highest BCUT2D eigenvalue weighted by atomic mass is 32.1. The smallest absolute Gasteiger partial charge is 0.262 e. The lowest BCUT2D eigenvalue weighted by Crippen LogP contribution is -2.29. The van der Waals surface area contributed by atoms with Gasteiger partial charge in [0.2, 0.25) is 5.91 Å². The van der Waals surface area contributed by atoms with Crippen molar-refractivity contribution < 1.29 is 4.79 Å². The molecule has 1 amide bonds. The lowest BCUT2D eigenvalue weighted by molar-refractivity contribution is -0.121. The lowest BCUT2D eigenvalue weighted by Gasteiger charge is -2.26. The largest absolute Gasteiger partial charge is 0.352 e. The first-order valence-electron chi connectivity index (χ1n) is 12.4. The maximum absolute atomic E-state index is 12.7. The molecule has 0 saturated carbocycles. The number of piperidine rings is 1. The molecular formula is C27H34N4O2S. The summed E-state index contributed by atoms with van der Waals surface area (Å²) in [4.78, 5) is 30.6. The van der Waals surface area contributed by atoms with E-state index in [1.165, 1.54) is 37.9 Å². The number of nitrogens with zero attached hydrogens (tertiary/aromatic N) is 2. The van der Waals surface area contributed by atoms with E-state index < -0.39 is 0 Å². The van der Waals surface area contributed by atoms with Crippen molar-refractivity contribution in [2.24, 2.45) is 0 Å². The molecule has 0 spiro atoms. The molecule has 7 heteroatoms. The molecule has 2 N–H and O–H groups in total. The SMILES string of the molecule is O=C(CCCCCn1c(=S)[nH]c2ccccc2c1=O)NCc1ccc(CN2CCCCC2)cc1. The number of carbonyl (C=O) groups is 1. The summed E-state index contributed by atoms with van der Waals surface area (Å²) in [6.45, 7) is 4.53. The number of hydrogen-bond donors (Lipinski definition) is 2. The van der Waals surface area contributed by atoms with Crippen LogP contribution in [0.15, 0.2) is 53.3 Å². The van der Waals surface area contributed by atoms with Crippen LogP contribution < -0.4 is 10.9 Å². The van der Waals surface area contributed by atoms with Gasteiger partial charge in [0.25, 0.3) is 5.56 Å². The minimum atomic E-state index is -0.0564. The number of H-pyrrole nitrogens is 1. The van der Waals surface area contributed by atoms with Gasteiger partial charge in [-0.25, -0.2) is 0 Å². The number of nitrogens with one attached hydrogen (secondary N) is 2. The zero-order chi connectivity index (χ0) is 23.8. The van der Waals surface area contributed by atoms with E-state index in [0.29, 0.717) is 29.7 Å². The van der Waals surface area contributed by atoms with E-state index in [1.54, 1.807) is 4.57 Å². The van der Waals surface area contributed by atoms with Gasteiger partial charge in [0.05, 0.1) is 10.9 Å². The Morgan fingerprint density at radius 3 is 2.47 bits per heavy atom. The van der Waals surface area contributed by atoms with Crippen molar-refractivity contribution in [1.29, 1.82) is 0 Å². The van der Waals surface area contributed by atoms with Crippen molar-refractivity contribution in [3.05, 3.63) is 74.8 Å². The Kier molecular flexibility index (Phi) is 8.66. The van der Waals surface area contributed by atoms with Crippen molar-refractivity contribution in [2.45, 2.75) is 64.6 Å². The van der Waals surface area contributed by atoms with Gasteiger partial charge < -0.3 is 10.3 Å². The molecule has 1 aliphatic heterocycles.